The van der Waals surface area contributed by atoms with E-state index in [0.717, 1.165) is 12.0 Å². The van der Waals surface area contributed by atoms with E-state index < -0.39 is 0 Å². The number of hydrogen-bond acceptors (Lipinski definition) is 4. The zero-order chi connectivity index (χ0) is 19.1. The number of amides is 1. The van der Waals surface area contributed by atoms with Crippen LogP contribution >= 0.6 is 11.8 Å². The molecule has 1 heterocycles. The maximum Gasteiger partial charge on any atom is 0.230 e. The van der Waals surface area contributed by atoms with Gasteiger partial charge in [0.2, 0.25) is 5.91 Å². The molecule has 0 saturated carbocycles. The van der Waals surface area contributed by atoms with Gasteiger partial charge < -0.3 is 9.88 Å². The molecule has 0 saturated heterocycles. The number of hydrogen-bond donors (Lipinski definition) is 1. The van der Waals surface area contributed by atoms with E-state index in [2.05, 4.69) is 15.5 Å². The third-order valence-electron chi connectivity index (χ3n) is 4.05. The second-order valence-electron chi connectivity index (χ2n) is 5.93. The Bertz CT molecular complexity index is 881. The molecule has 3 rings (SSSR count). The second kappa shape index (κ2) is 9.32. The number of nitrogens with zero attached hydrogens (tertiary/aromatic N) is 3. The molecule has 7 heteroatoms. The molecule has 3 aromatic rings. The van der Waals surface area contributed by atoms with E-state index >= 15 is 0 Å². The fourth-order valence-corrected chi connectivity index (χ4v) is 3.50. The lowest BCUT2D eigenvalue weighted by molar-refractivity contribution is -0.118. The number of rotatable bonds is 8. The third kappa shape index (κ3) is 5.17. The van der Waals surface area contributed by atoms with E-state index in [4.69, 9.17) is 0 Å². The van der Waals surface area contributed by atoms with Crippen molar-refractivity contribution in [2.75, 3.05) is 12.3 Å². The zero-order valence-electron chi connectivity index (χ0n) is 15.1. The Morgan fingerprint density at radius 1 is 1.11 bits per heavy atom. The SMILES string of the molecule is CCn1c(SCC(=O)NCCc2ccccc2)nnc1-c1ccc(F)cc1. The summed E-state index contributed by atoms with van der Waals surface area (Å²) in [6.07, 6.45) is 0.803. The minimum Gasteiger partial charge on any atom is -0.355 e. The summed E-state index contributed by atoms with van der Waals surface area (Å²) in [4.78, 5) is 12.1. The summed E-state index contributed by atoms with van der Waals surface area (Å²) in [5, 5.41) is 12.0. The van der Waals surface area contributed by atoms with Gasteiger partial charge in [-0.3, -0.25) is 4.79 Å². The minimum atomic E-state index is -0.289. The van der Waals surface area contributed by atoms with Crippen LogP contribution in [0.2, 0.25) is 0 Å². The van der Waals surface area contributed by atoms with Gasteiger partial charge in [0, 0.05) is 18.7 Å². The first kappa shape index (κ1) is 19.1. The van der Waals surface area contributed by atoms with Gasteiger partial charge >= 0.3 is 0 Å². The first-order valence-electron chi connectivity index (χ1n) is 8.80. The molecule has 0 atom stereocenters. The Morgan fingerprint density at radius 3 is 2.56 bits per heavy atom. The van der Waals surface area contributed by atoms with Gasteiger partial charge in [0.15, 0.2) is 11.0 Å². The number of aromatic nitrogens is 3. The van der Waals surface area contributed by atoms with Gasteiger partial charge in [0.25, 0.3) is 0 Å². The van der Waals surface area contributed by atoms with Crippen molar-refractivity contribution in [3.05, 3.63) is 66.0 Å². The summed E-state index contributed by atoms with van der Waals surface area (Å²) >= 11 is 1.35. The van der Waals surface area contributed by atoms with Gasteiger partial charge in [-0.1, -0.05) is 42.1 Å². The summed E-state index contributed by atoms with van der Waals surface area (Å²) in [5.74, 6) is 0.619. The number of thioether (sulfide) groups is 1. The average Bonchev–Trinajstić information content (AvgIpc) is 3.10. The largest absolute Gasteiger partial charge is 0.355 e. The van der Waals surface area contributed by atoms with E-state index in [0.29, 0.717) is 24.1 Å². The van der Waals surface area contributed by atoms with E-state index in [1.165, 1.54) is 29.5 Å². The second-order valence-corrected chi connectivity index (χ2v) is 6.87. The zero-order valence-corrected chi connectivity index (χ0v) is 15.9. The van der Waals surface area contributed by atoms with Crippen molar-refractivity contribution in [2.24, 2.45) is 0 Å². The predicted molar refractivity (Wildman–Crippen MR) is 105 cm³/mol. The highest BCUT2D eigenvalue weighted by Gasteiger charge is 2.14. The molecule has 0 unspecified atom stereocenters. The Labute approximate surface area is 162 Å². The molecule has 0 aliphatic heterocycles. The maximum absolute atomic E-state index is 13.1. The maximum atomic E-state index is 13.1. The molecule has 2 aromatic carbocycles. The highest BCUT2D eigenvalue weighted by Crippen LogP contribution is 2.24. The average molecular weight is 384 g/mol. The van der Waals surface area contributed by atoms with Gasteiger partial charge in [0.05, 0.1) is 5.75 Å². The first-order chi connectivity index (χ1) is 13.2. The molecule has 1 amide bonds. The smallest absolute Gasteiger partial charge is 0.230 e. The fourth-order valence-electron chi connectivity index (χ4n) is 2.67. The first-order valence-corrected chi connectivity index (χ1v) is 9.78. The van der Waals surface area contributed by atoms with Crippen LogP contribution in [0.25, 0.3) is 11.4 Å². The number of benzene rings is 2. The van der Waals surface area contributed by atoms with Crippen molar-refractivity contribution in [3.8, 4) is 11.4 Å². The summed E-state index contributed by atoms with van der Waals surface area (Å²) < 4.78 is 15.0. The van der Waals surface area contributed by atoms with E-state index in [1.54, 1.807) is 12.1 Å². The van der Waals surface area contributed by atoms with Crippen molar-refractivity contribution in [1.29, 1.82) is 0 Å². The van der Waals surface area contributed by atoms with Crippen LogP contribution in [0, 0.1) is 5.82 Å². The number of halogens is 1. The van der Waals surface area contributed by atoms with Gasteiger partial charge in [-0.15, -0.1) is 10.2 Å². The molecule has 1 N–H and O–H groups in total. The highest BCUT2D eigenvalue weighted by molar-refractivity contribution is 7.99. The van der Waals surface area contributed by atoms with Gasteiger partial charge in [-0.25, -0.2) is 4.39 Å². The summed E-state index contributed by atoms with van der Waals surface area (Å²) in [7, 11) is 0. The molecule has 0 spiro atoms. The lowest BCUT2D eigenvalue weighted by Gasteiger charge is -2.08. The molecule has 0 bridgehead atoms. The summed E-state index contributed by atoms with van der Waals surface area (Å²) in [6, 6.07) is 16.2. The van der Waals surface area contributed by atoms with Crippen LogP contribution in [0.5, 0.6) is 0 Å². The Kier molecular flexibility index (Phi) is 6.59. The van der Waals surface area contributed by atoms with E-state index in [1.807, 2.05) is 41.8 Å². The van der Waals surface area contributed by atoms with Crippen LogP contribution in [0.15, 0.2) is 59.8 Å². The third-order valence-corrected chi connectivity index (χ3v) is 5.01. The minimum absolute atomic E-state index is 0.0371. The molecule has 0 radical (unpaired) electrons. The van der Waals surface area contributed by atoms with E-state index in [9.17, 15) is 9.18 Å². The van der Waals surface area contributed by atoms with Crippen LogP contribution in [0.3, 0.4) is 0 Å². The van der Waals surface area contributed by atoms with Crippen molar-refractivity contribution < 1.29 is 9.18 Å². The van der Waals surface area contributed by atoms with Crippen molar-refractivity contribution in [3.63, 3.8) is 0 Å². The predicted octanol–water partition coefficient (Wildman–Crippen LogP) is 3.56. The standard InChI is InChI=1S/C20H21FN4OS/c1-2-25-19(16-8-10-17(21)11-9-16)23-24-20(25)27-14-18(26)22-13-12-15-6-4-3-5-7-15/h3-11H,2,12-14H2,1H3,(H,22,26). The van der Waals surface area contributed by atoms with Crippen LogP contribution < -0.4 is 5.32 Å². The number of nitrogens with one attached hydrogen (secondary N) is 1. The Morgan fingerprint density at radius 2 is 1.85 bits per heavy atom. The molecule has 0 fully saturated rings. The molecule has 0 aliphatic carbocycles. The van der Waals surface area contributed by atoms with Crippen molar-refractivity contribution in [1.82, 2.24) is 20.1 Å². The van der Waals surface area contributed by atoms with Gasteiger partial charge in [0.1, 0.15) is 5.82 Å². The number of carbonyl (C=O) groups excluding carboxylic acids is 1. The number of carbonyl (C=O) groups is 1. The summed E-state index contributed by atoms with van der Waals surface area (Å²) in [6.45, 7) is 3.25. The van der Waals surface area contributed by atoms with Crippen LogP contribution in [0.4, 0.5) is 4.39 Å². The molecule has 1 aromatic heterocycles. The molecule has 27 heavy (non-hydrogen) atoms. The van der Waals surface area contributed by atoms with Gasteiger partial charge in [-0.05, 0) is 43.2 Å². The quantitative estimate of drug-likeness (QED) is 0.604. The summed E-state index contributed by atoms with van der Waals surface area (Å²) in [5.41, 5.74) is 1.99. The Hall–Kier alpha value is -2.67. The normalized spacial score (nSPS) is 10.7. The molecule has 140 valence electrons. The molecule has 5 nitrogen and oxygen atoms in total. The van der Waals surface area contributed by atoms with E-state index in [-0.39, 0.29) is 17.5 Å². The highest BCUT2D eigenvalue weighted by atomic mass is 32.2. The fraction of sp³-hybridized carbons (Fsp3) is 0.250. The molecular weight excluding hydrogens is 363 g/mol. The topological polar surface area (TPSA) is 59.8 Å². The van der Waals surface area contributed by atoms with Crippen molar-refractivity contribution in [2.45, 2.75) is 25.0 Å². The monoisotopic (exact) mass is 384 g/mol. The van der Waals surface area contributed by atoms with Crippen LogP contribution in [-0.2, 0) is 17.8 Å². The van der Waals surface area contributed by atoms with Crippen molar-refractivity contribution >= 4 is 17.7 Å². The molecule has 0 aliphatic rings. The van der Waals surface area contributed by atoms with Crippen LogP contribution in [-0.4, -0.2) is 33.0 Å². The lowest BCUT2D eigenvalue weighted by atomic mass is 10.1. The Balaban J connectivity index is 1.54. The lowest BCUT2D eigenvalue weighted by Crippen LogP contribution is -2.27. The molecular formula is C20H21FN4OS. The van der Waals surface area contributed by atoms with Crippen LogP contribution in [0.1, 0.15) is 12.5 Å². The van der Waals surface area contributed by atoms with Gasteiger partial charge in [-0.2, -0.15) is 0 Å².